The van der Waals surface area contributed by atoms with Crippen molar-refractivity contribution in [1.82, 2.24) is 9.55 Å². The number of thiophene rings is 1. The Morgan fingerprint density at radius 2 is 2.00 bits per heavy atom. The van der Waals surface area contributed by atoms with Gasteiger partial charge in [0.15, 0.2) is 0 Å². The van der Waals surface area contributed by atoms with Crippen LogP contribution in [0, 0.1) is 17.0 Å². The molecule has 0 aliphatic carbocycles. The van der Waals surface area contributed by atoms with E-state index in [9.17, 15) is 29.6 Å². The summed E-state index contributed by atoms with van der Waals surface area (Å²) in [4.78, 5) is 50.7. The van der Waals surface area contributed by atoms with Crippen LogP contribution in [0.3, 0.4) is 0 Å². The topological polar surface area (TPSA) is 144 Å². The molecule has 0 atom stereocenters. The minimum atomic E-state index is -1.24. The van der Waals surface area contributed by atoms with Gasteiger partial charge < -0.3 is 10.4 Å². The maximum atomic E-state index is 12.7. The number of aryl methyl sites for hydroxylation is 1. The van der Waals surface area contributed by atoms with Crippen LogP contribution in [-0.4, -0.2) is 31.5 Å². The Labute approximate surface area is 154 Å². The molecule has 0 fully saturated rings. The highest BCUT2D eigenvalue weighted by molar-refractivity contribution is 7.17. The smallest absolute Gasteiger partial charge is 0.337 e. The van der Waals surface area contributed by atoms with Gasteiger partial charge in [-0.25, -0.2) is 9.78 Å². The van der Waals surface area contributed by atoms with Gasteiger partial charge in [0.1, 0.15) is 17.2 Å². The molecule has 27 heavy (non-hydrogen) atoms. The average Bonchev–Trinajstić information content (AvgIpc) is 3.03. The largest absolute Gasteiger partial charge is 0.478 e. The number of benzene rings is 1. The highest BCUT2D eigenvalue weighted by Gasteiger charge is 2.19. The van der Waals surface area contributed by atoms with Crippen LogP contribution in [0.2, 0.25) is 0 Å². The molecular weight excluding hydrogens is 376 g/mol. The number of aromatic carboxylic acids is 1. The summed E-state index contributed by atoms with van der Waals surface area (Å²) in [6.45, 7) is 1.17. The molecule has 2 N–H and O–H groups in total. The molecule has 0 radical (unpaired) electrons. The van der Waals surface area contributed by atoms with E-state index < -0.39 is 22.4 Å². The summed E-state index contributed by atoms with van der Waals surface area (Å²) < 4.78 is 1.09. The Morgan fingerprint density at radius 1 is 1.33 bits per heavy atom. The van der Waals surface area contributed by atoms with Crippen LogP contribution >= 0.6 is 11.3 Å². The van der Waals surface area contributed by atoms with Crippen molar-refractivity contribution in [2.45, 2.75) is 13.5 Å². The third-order valence-corrected chi connectivity index (χ3v) is 4.65. The van der Waals surface area contributed by atoms with E-state index >= 15 is 0 Å². The molecule has 0 bridgehead atoms. The second-order valence-corrected chi connectivity index (χ2v) is 6.40. The van der Waals surface area contributed by atoms with Crippen LogP contribution in [-0.2, 0) is 11.3 Å². The van der Waals surface area contributed by atoms with Crippen molar-refractivity contribution in [3.8, 4) is 0 Å². The summed E-state index contributed by atoms with van der Waals surface area (Å²) in [5.41, 5.74) is -0.563. The average molecular weight is 388 g/mol. The Balaban J connectivity index is 1.88. The molecular formula is C16H12N4O6S. The zero-order chi connectivity index (χ0) is 19.7. The lowest BCUT2D eigenvalue weighted by atomic mass is 10.2. The van der Waals surface area contributed by atoms with Gasteiger partial charge in [0, 0.05) is 23.2 Å². The number of carboxylic acids is 1. The minimum absolute atomic E-state index is 0.0405. The van der Waals surface area contributed by atoms with Gasteiger partial charge in [-0.1, -0.05) is 0 Å². The Hall–Kier alpha value is -3.60. The van der Waals surface area contributed by atoms with Crippen molar-refractivity contribution in [3.05, 3.63) is 61.5 Å². The van der Waals surface area contributed by atoms with Gasteiger partial charge in [-0.3, -0.25) is 24.3 Å². The molecule has 0 saturated heterocycles. The maximum Gasteiger partial charge on any atom is 0.337 e. The van der Waals surface area contributed by atoms with Gasteiger partial charge in [-0.05, 0) is 19.1 Å². The van der Waals surface area contributed by atoms with Crippen molar-refractivity contribution in [3.63, 3.8) is 0 Å². The number of non-ortho nitro benzene ring substituents is 1. The Morgan fingerprint density at radius 3 is 2.59 bits per heavy atom. The number of carbonyl (C=O) groups excluding carboxylic acids is 1. The number of nitrogens with zero attached hydrogens (tertiary/aromatic N) is 3. The molecule has 11 heteroatoms. The number of hydrogen-bond donors (Lipinski definition) is 2. The monoisotopic (exact) mass is 388 g/mol. The van der Waals surface area contributed by atoms with E-state index in [0.29, 0.717) is 10.5 Å². The van der Waals surface area contributed by atoms with Crippen LogP contribution < -0.4 is 10.9 Å². The lowest BCUT2D eigenvalue weighted by molar-refractivity contribution is -0.384. The number of fused-ring (bicyclic) bond motifs is 1. The maximum absolute atomic E-state index is 12.7. The third kappa shape index (κ3) is 3.53. The highest BCUT2D eigenvalue weighted by Crippen LogP contribution is 2.21. The lowest BCUT2D eigenvalue weighted by Gasteiger charge is -2.10. The summed E-state index contributed by atoms with van der Waals surface area (Å²) in [7, 11) is 0. The SMILES string of the molecule is Cc1nc2scc(C(=O)O)c2c(=O)n1CC(=O)Nc1ccc([N+](=O)[O-])cc1. The minimum Gasteiger partial charge on any atom is -0.478 e. The van der Waals surface area contributed by atoms with Gasteiger partial charge in [0.2, 0.25) is 5.91 Å². The molecule has 3 aromatic rings. The molecule has 2 aromatic heterocycles. The van der Waals surface area contributed by atoms with Crippen molar-refractivity contribution >= 4 is 44.8 Å². The number of hydrogen-bond acceptors (Lipinski definition) is 7. The molecule has 0 aliphatic heterocycles. The molecule has 0 saturated carbocycles. The molecule has 138 valence electrons. The molecule has 0 unspecified atom stereocenters. The number of carbonyl (C=O) groups is 2. The second kappa shape index (κ2) is 6.96. The lowest BCUT2D eigenvalue weighted by Crippen LogP contribution is -2.30. The normalized spacial score (nSPS) is 10.7. The van der Waals surface area contributed by atoms with Gasteiger partial charge >= 0.3 is 5.97 Å². The molecule has 2 heterocycles. The number of aromatic nitrogens is 2. The molecule has 3 rings (SSSR count). The van der Waals surface area contributed by atoms with Crippen LogP contribution in [0.4, 0.5) is 11.4 Å². The first-order chi connectivity index (χ1) is 12.8. The van der Waals surface area contributed by atoms with Gasteiger partial charge in [0.25, 0.3) is 11.2 Å². The molecule has 1 aromatic carbocycles. The van der Waals surface area contributed by atoms with Crippen molar-refractivity contribution in [2.75, 3.05) is 5.32 Å². The Bertz CT molecular complexity index is 1130. The first-order valence-electron chi connectivity index (χ1n) is 7.54. The zero-order valence-corrected chi connectivity index (χ0v) is 14.6. The quantitative estimate of drug-likeness (QED) is 0.502. The first kappa shape index (κ1) is 18.2. The predicted molar refractivity (Wildman–Crippen MR) is 97.3 cm³/mol. The number of nitro groups is 1. The van der Waals surface area contributed by atoms with Crippen molar-refractivity contribution < 1.29 is 19.6 Å². The van der Waals surface area contributed by atoms with Crippen LogP contribution in [0.5, 0.6) is 0 Å². The number of anilines is 1. The highest BCUT2D eigenvalue weighted by atomic mass is 32.1. The zero-order valence-electron chi connectivity index (χ0n) is 13.8. The predicted octanol–water partition coefficient (Wildman–Crippen LogP) is 2.01. The number of carboxylic acid groups (broad SMARTS) is 1. The van der Waals surface area contributed by atoms with Crippen LogP contribution in [0.25, 0.3) is 10.2 Å². The van der Waals surface area contributed by atoms with Crippen molar-refractivity contribution in [1.29, 1.82) is 0 Å². The Kier molecular flexibility index (Phi) is 4.69. The van der Waals surface area contributed by atoms with E-state index in [1.165, 1.54) is 29.6 Å². The summed E-state index contributed by atoms with van der Waals surface area (Å²) in [6.07, 6.45) is 0. The summed E-state index contributed by atoms with van der Waals surface area (Å²) in [5, 5.41) is 23.7. The third-order valence-electron chi connectivity index (χ3n) is 3.78. The number of rotatable bonds is 5. The fourth-order valence-corrected chi connectivity index (χ4v) is 3.43. The van der Waals surface area contributed by atoms with Crippen LogP contribution in [0.1, 0.15) is 16.2 Å². The van der Waals surface area contributed by atoms with E-state index in [1.807, 2.05) is 0 Å². The summed E-state index contributed by atoms with van der Waals surface area (Å²) in [6, 6.07) is 5.22. The standard InChI is InChI=1S/C16H12N4O6S/c1-8-17-14-13(11(7-27-14)16(23)24)15(22)19(8)6-12(21)18-9-2-4-10(5-3-9)20(25)26/h2-5,7H,6H2,1H3,(H,18,21)(H,23,24). The number of nitrogens with one attached hydrogen (secondary N) is 1. The summed E-state index contributed by atoms with van der Waals surface area (Å²) in [5.74, 6) is -1.53. The summed E-state index contributed by atoms with van der Waals surface area (Å²) >= 11 is 1.04. The first-order valence-corrected chi connectivity index (χ1v) is 8.42. The molecule has 1 amide bonds. The molecule has 0 spiro atoms. The van der Waals surface area contributed by atoms with E-state index in [4.69, 9.17) is 0 Å². The molecule has 0 aliphatic rings. The van der Waals surface area contributed by atoms with E-state index in [0.717, 1.165) is 15.9 Å². The molecule has 10 nitrogen and oxygen atoms in total. The fourth-order valence-electron chi connectivity index (χ4n) is 2.48. The van der Waals surface area contributed by atoms with Crippen molar-refractivity contribution in [2.24, 2.45) is 0 Å². The number of amides is 1. The second-order valence-electron chi connectivity index (χ2n) is 5.54. The van der Waals surface area contributed by atoms with Crippen LogP contribution in [0.15, 0.2) is 34.4 Å². The van der Waals surface area contributed by atoms with E-state index in [-0.39, 0.29) is 29.0 Å². The van der Waals surface area contributed by atoms with Gasteiger partial charge in [0.05, 0.1) is 15.9 Å². The van der Waals surface area contributed by atoms with E-state index in [1.54, 1.807) is 6.92 Å². The van der Waals surface area contributed by atoms with Gasteiger partial charge in [-0.2, -0.15) is 0 Å². The number of nitro benzene ring substituents is 1. The fraction of sp³-hybridized carbons (Fsp3) is 0.125. The van der Waals surface area contributed by atoms with E-state index in [2.05, 4.69) is 10.3 Å². The van der Waals surface area contributed by atoms with Gasteiger partial charge in [-0.15, -0.1) is 11.3 Å².